The molecule has 0 aromatic heterocycles. The lowest BCUT2D eigenvalue weighted by Gasteiger charge is -2.16. The molecule has 4 nitrogen and oxygen atoms in total. The van der Waals surface area contributed by atoms with E-state index in [0.717, 1.165) is 30.2 Å². The topological polar surface area (TPSA) is 38.8 Å². The molecule has 0 saturated carbocycles. The average Bonchev–Trinajstić information content (AvgIpc) is 2.86. The van der Waals surface area contributed by atoms with E-state index in [-0.39, 0.29) is 18.6 Å². The van der Waals surface area contributed by atoms with E-state index in [2.05, 4.69) is 0 Å². The van der Waals surface area contributed by atoms with E-state index in [4.69, 9.17) is 9.47 Å². The van der Waals surface area contributed by atoms with Gasteiger partial charge in [0.1, 0.15) is 0 Å². The van der Waals surface area contributed by atoms with Gasteiger partial charge in [-0.05, 0) is 18.6 Å². The molecular formula is C12H13NO3. The average molecular weight is 219 g/mol. The summed E-state index contributed by atoms with van der Waals surface area (Å²) in [6.45, 7) is 3.03. The maximum Gasteiger partial charge on any atom is 0.231 e. The molecule has 1 atom stereocenters. The molecule has 0 spiro atoms. The zero-order valence-electron chi connectivity index (χ0n) is 9.10. The molecule has 1 fully saturated rings. The number of carbonyl (C=O) groups is 1. The number of amides is 1. The van der Waals surface area contributed by atoms with Gasteiger partial charge in [0.2, 0.25) is 12.7 Å². The van der Waals surface area contributed by atoms with Gasteiger partial charge in [-0.25, -0.2) is 0 Å². The summed E-state index contributed by atoms with van der Waals surface area (Å²) in [5, 5.41) is 0. The van der Waals surface area contributed by atoms with E-state index in [0.29, 0.717) is 0 Å². The zero-order valence-corrected chi connectivity index (χ0v) is 9.10. The van der Waals surface area contributed by atoms with Crippen molar-refractivity contribution in [3.63, 3.8) is 0 Å². The number of ether oxygens (including phenoxy) is 2. The number of benzene rings is 1. The molecule has 0 aliphatic carbocycles. The number of rotatable bonds is 1. The summed E-state index contributed by atoms with van der Waals surface area (Å²) in [4.78, 5) is 13.7. The first kappa shape index (κ1) is 9.51. The molecule has 4 heteroatoms. The van der Waals surface area contributed by atoms with Crippen LogP contribution >= 0.6 is 0 Å². The first-order chi connectivity index (χ1) is 7.75. The fraction of sp³-hybridized carbons (Fsp3) is 0.417. The van der Waals surface area contributed by atoms with Crippen LogP contribution in [0.2, 0.25) is 0 Å². The van der Waals surface area contributed by atoms with Gasteiger partial charge in [0, 0.05) is 24.2 Å². The molecule has 2 aliphatic rings. The minimum atomic E-state index is 0.130. The third kappa shape index (κ3) is 1.33. The van der Waals surface area contributed by atoms with Crippen LogP contribution in [0.25, 0.3) is 0 Å². The van der Waals surface area contributed by atoms with Crippen molar-refractivity contribution in [1.82, 2.24) is 0 Å². The van der Waals surface area contributed by atoms with Crippen LogP contribution in [0.5, 0.6) is 11.5 Å². The summed E-state index contributed by atoms with van der Waals surface area (Å²) in [7, 11) is 0. The Morgan fingerprint density at radius 2 is 2.12 bits per heavy atom. The summed E-state index contributed by atoms with van der Waals surface area (Å²) < 4.78 is 10.5. The van der Waals surface area contributed by atoms with Gasteiger partial charge >= 0.3 is 0 Å². The summed E-state index contributed by atoms with van der Waals surface area (Å²) in [5.74, 6) is 1.80. The van der Waals surface area contributed by atoms with Crippen LogP contribution in [0.15, 0.2) is 18.2 Å². The molecule has 3 rings (SSSR count). The number of hydrogen-bond donors (Lipinski definition) is 0. The van der Waals surface area contributed by atoms with Crippen LogP contribution in [-0.4, -0.2) is 19.2 Å². The molecule has 1 amide bonds. The quantitative estimate of drug-likeness (QED) is 0.722. The van der Waals surface area contributed by atoms with Crippen molar-refractivity contribution in [1.29, 1.82) is 0 Å². The van der Waals surface area contributed by atoms with Crippen molar-refractivity contribution in [3.05, 3.63) is 18.2 Å². The molecule has 2 heterocycles. The van der Waals surface area contributed by atoms with Crippen molar-refractivity contribution >= 4 is 11.6 Å². The van der Waals surface area contributed by atoms with E-state index in [1.54, 1.807) is 0 Å². The van der Waals surface area contributed by atoms with Gasteiger partial charge in [0.05, 0.1) is 0 Å². The molecule has 0 bridgehead atoms. The molecule has 0 radical (unpaired) electrons. The van der Waals surface area contributed by atoms with Crippen LogP contribution in [0, 0.1) is 5.92 Å². The fourth-order valence-electron chi connectivity index (χ4n) is 2.13. The van der Waals surface area contributed by atoms with Crippen LogP contribution in [-0.2, 0) is 4.79 Å². The van der Waals surface area contributed by atoms with Crippen molar-refractivity contribution in [2.24, 2.45) is 5.92 Å². The number of anilines is 1. The Morgan fingerprint density at radius 1 is 1.31 bits per heavy atom. The number of nitrogens with zero attached hydrogens (tertiary/aromatic N) is 1. The molecule has 1 unspecified atom stereocenters. The molecule has 1 saturated heterocycles. The summed E-state index contributed by atoms with van der Waals surface area (Å²) in [6.07, 6.45) is 0.924. The first-order valence-electron chi connectivity index (χ1n) is 5.47. The van der Waals surface area contributed by atoms with E-state index in [9.17, 15) is 4.79 Å². The third-order valence-corrected chi connectivity index (χ3v) is 3.14. The van der Waals surface area contributed by atoms with Crippen molar-refractivity contribution in [2.75, 3.05) is 18.2 Å². The van der Waals surface area contributed by atoms with Crippen LogP contribution in [0.4, 0.5) is 5.69 Å². The van der Waals surface area contributed by atoms with Crippen LogP contribution < -0.4 is 14.4 Å². The van der Waals surface area contributed by atoms with Crippen LogP contribution in [0.1, 0.15) is 13.3 Å². The molecular weight excluding hydrogens is 206 g/mol. The van der Waals surface area contributed by atoms with Gasteiger partial charge < -0.3 is 14.4 Å². The lowest BCUT2D eigenvalue weighted by molar-refractivity contribution is -0.119. The minimum absolute atomic E-state index is 0.130. The number of carbonyl (C=O) groups excluding carboxylic acids is 1. The Bertz CT molecular complexity index is 444. The standard InChI is InChI=1S/C12H13NO3/c1-8-4-5-13(12(8)14)9-2-3-10-11(6-9)16-7-15-10/h2-3,6,8H,4-5,7H2,1H3. The van der Waals surface area contributed by atoms with Gasteiger partial charge in [0.25, 0.3) is 0 Å². The highest BCUT2D eigenvalue weighted by molar-refractivity contribution is 5.97. The molecule has 1 aromatic carbocycles. The second-order valence-corrected chi connectivity index (χ2v) is 4.22. The monoisotopic (exact) mass is 219 g/mol. The van der Waals surface area contributed by atoms with Gasteiger partial charge in [-0.1, -0.05) is 6.92 Å². The Kier molecular flexibility index (Phi) is 2.02. The molecule has 0 N–H and O–H groups in total. The highest BCUT2D eigenvalue weighted by Gasteiger charge is 2.29. The summed E-state index contributed by atoms with van der Waals surface area (Å²) >= 11 is 0. The predicted molar refractivity (Wildman–Crippen MR) is 58.7 cm³/mol. The lowest BCUT2D eigenvalue weighted by atomic mass is 10.1. The van der Waals surface area contributed by atoms with Gasteiger partial charge in [-0.15, -0.1) is 0 Å². The second kappa shape index (κ2) is 3.40. The second-order valence-electron chi connectivity index (χ2n) is 4.22. The van der Waals surface area contributed by atoms with Gasteiger partial charge in [0.15, 0.2) is 11.5 Å². The van der Waals surface area contributed by atoms with E-state index in [1.165, 1.54) is 0 Å². The van der Waals surface area contributed by atoms with Crippen LogP contribution in [0.3, 0.4) is 0 Å². The third-order valence-electron chi connectivity index (χ3n) is 3.14. The maximum atomic E-state index is 11.9. The van der Waals surface area contributed by atoms with E-state index >= 15 is 0 Å². The Hall–Kier alpha value is -1.71. The lowest BCUT2D eigenvalue weighted by Crippen LogP contribution is -2.25. The molecule has 84 valence electrons. The van der Waals surface area contributed by atoms with Crippen molar-refractivity contribution in [3.8, 4) is 11.5 Å². The molecule has 1 aromatic rings. The Labute approximate surface area is 93.8 Å². The number of hydrogen-bond acceptors (Lipinski definition) is 3. The molecule has 16 heavy (non-hydrogen) atoms. The highest BCUT2D eigenvalue weighted by atomic mass is 16.7. The van der Waals surface area contributed by atoms with E-state index < -0.39 is 0 Å². The van der Waals surface area contributed by atoms with Crippen molar-refractivity contribution in [2.45, 2.75) is 13.3 Å². The Balaban J connectivity index is 1.93. The summed E-state index contributed by atoms with van der Waals surface area (Å²) in [6, 6.07) is 5.63. The SMILES string of the molecule is CC1CCN(c2ccc3c(c2)OCO3)C1=O. The minimum Gasteiger partial charge on any atom is -0.454 e. The molecule has 2 aliphatic heterocycles. The van der Waals surface area contributed by atoms with Crippen molar-refractivity contribution < 1.29 is 14.3 Å². The Morgan fingerprint density at radius 3 is 2.88 bits per heavy atom. The van der Waals surface area contributed by atoms with E-state index in [1.807, 2.05) is 30.0 Å². The normalized spacial score (nSPS) is 22.9. The smallest absolute Gasteiger partial charge is 0.231 e. The predicted octanol–water partition coefficient (Wildman–Crippen LogP) is 1.79. The first-order valence-corrected chi connectivity index (χ1v) is 5.47. The largest absolute Gasteiger partial charge is 0.454 e. The maximum absolute atomic E-state index is 11.9. The number of fused-ring (bicyclic) bond motifs is 1. The fourth-order valence-corrected chi connectivity index (χ4v) is 2.13. The van der Waals surface area contributed by atoms with Gasteiger partial charge in [-0.3, -0.25) is 4.79 Å². The highest BCUT2D eigenvalue weighted by Crippen LogP contribution is 2.36. The zero-order chi connectivity index (χ0) is 11.1. The summed E-state index contributed by atoms with van der Waals surface area (Å²) in [5.41, 5.74) is 0.901. The van der Waals surface area contributed by atoms with Gasteiger partial charge in [-0.2, -0.15) is 0 Å².